The quantitative estimate of drug-likeness (QED) is 0.133. The summed E-state index contributed by atoms with van der Waals surface area (Å²) in [5.74, 6) is 1.96. The van der Waals surface area contributed by atoms with E-state index in [-0.39, 0.29) is 0 Å². The van der Waals surface area contributed by atoms with Crippen LogP contribution in [-0.4, -0.2) is 23.0 Å². The van der Waals surface area contributed by atoms with Crippen LogP contribution < -0.4 is 10.4 Å². The summed E-state index contributed by atoms with van der Waals surface area (Å²) in [5.41, 5.74) is 10.5. The molecule has 0 bridgehead atoms. The molecule has 0 unspecified atom stereocenters. The molecule has 0 atom stereocenters. The zero-order valence-corrected chi connectivity index (χ0v) is 30.6. The Balaban J connectivity index is 1.21. The zero-order chi connectivity index (χ0) is 35.5. The fourth-order valence-electron chi connectivity index (χ4n) is 8.33. The van der Waals surface area contributed by atoms with Gasteiger partial charge in [0, 0.05) is 16.7 Å². The molecule has 1 aliphatic heterocycles. The Morgan fingerprint density at radius 3 is 1.36 bits per heavy atom. The Kier molecular flexibility index (Phi) is 7.27. The first-order valence-electron chi connectivity index (χ1n) is 18.2. The standard InChI is InChI=1S/C49H35N3Si/c1-53(2)43-24-14-13-19-37(43)42-31-36(29-30-44(42)53)45-38-20-9-11-22-40(38)46(41-23-12-10-21-39(41)45)49-51-47(34-17-7-4-8-18-34)50-48(52-49)35-27-25-33(26-28-35)32-15-5-3-6-16-32/h3-31H,1-2H3. The zero-order valence-electron chi connectivity index (χ0n) is 29.6. The van der Waals surface area contributed by atoms with Crippen LogP contribution in [-0.2, 0) is 0 Å². The number of benzene rings is 8. The molecule has 250 valence electrons. The molecule has 0 spiro atoms. The van der Waals surface area contributed by atoms with Gasteiger partial charge < -0.3 is 0 Å². The minimum Gasteiger partial charge on any atom is -0.208 e. The van der Waals surface area contributed by atoms with Gasteiger partial charge in [-0.05, 0) is 71.4 Å². The lowest BCUT2D eigenvalue weighted by Crippen LogP contribution is -2.49. The van der Waals surface area contributed by atoms with Crippen molar-refractivity contribution in [3.8, 4) is 67.5 Å². The van der Waals surface area contributed by atoms with Crippen LogP contribution in [0.25, 0.3) is 89.1 Å². The number of aromatic nitrogens is 3. The molecule has 1 aromatic heterocycles. The molecule has 0 amide bonds. The number of rotatable bonds is 5. The van der Waals surface area contributed by atoms with Crippen LogP contribution in [0, 0.1) is 0 Å². The van der Waals surface area contributed by atoms with Crippen LogP contribution in [0.3, 0.4) is 0 Å². The third kappa shape index (κ3) is 5.14. The van der Waals surface area contributed by atoms with Gasteiger partial charge in [0.15, 0.2) is 17.5 Å². The molecule has 0 aliphatic carbocycles. The van der Waals surface area contributed by atoms with Crippen molar-refractivity contribution in [3.63, 3.8) is 0 Å². The number of fused-ring (bicyclic) bond motifs is 5. The van der Waals surface area contributed by atoms with E-state index in [0.717, 1.165) is 33.0 Å². The van der Waals surface area contributed by atoms with Crippen molar-refractivity contribution in [3.05, 3.63) is 176 Å². The van der Waals surface area contributed by atoms with Crippen LogP contribution >= 0.6 is 0 Å². The molecule has 0 fully saturated rings. The van der Waals surface area contributed by atoms with E-state index in [9.17, 15) is 0 Å². The van der Waals surface area contributed by atoms with E-state index in [1.807, 2.05) is 24.3 Å². The fraction of sp³-hybridized carbons (Fsp3) is 0.0408. The molecule has 3 nitrogen and oxygen atoms in total. The maximum atomic E-state index is 5.28. The molecule has 0 N–H and O–H groups in total. The number of hydrogen-bond donors (Lipinski definition) is 0. The van der Waals surface area contributed by atoms with Gasteiger partial charge in [0.1, 0.15) is 8.07 Å². The monoisotopic (exact) mass is 693 g/mol. The Hall–Kier alpha value is -6.49. The molecule has 2 heterocycles. The molecular weight excluding hydrogens is 659 g/mol. The van der Waals surface area contributed by atoms with Crippen molar-refractivity contribution < 1.29 is 0 Å². The lowest BCUT2D eigenvalue weighted by atomic mass is 9.87. The van der Waals surface area contributed by atoms with Gasteiger partial charge in [-0.25, -0.2) is 15.0 Å². The van der Waals surface area contributed by atoms with Crippen LogP contribution in [0.15, 0.2) is 176 Å². The molecule has 0 saturated heterocycles. The van der Waals surface area contributed by atoms with Gasteiger partial charge >= 0.3 is 0 Å². The summed E-state index contributed by atoms with van der Waals surface area (Å²) in [6, 6.07) is 62.9. The number of nitrogens with zero attached hydrogens (tertiary/aromatic N) is 3. The highest BCUT2D eigenvalue weighted by Gasteiger charge is 2.37. The molecule has 8 aromatic carbocycles. The van der Waals surface area contributed by atoms with E-state index in [2.05, 4.69) is 165 Å². The third-order valence-electron chi connectivity index (χ3n) is 10.9. The first kappa shape index (κ1) is 31.3. The predicted octanol–water partition coefficient (Wildman–Crippen LogP) is 11.3. The van der Waals surface area contributed by atoms with Crippen LogP contribution in [0.4, 0.5) is 0 Å². The molecule has 53 heavy (non-hydrogen) atoms. The first-order valence-corrected chi connectivity index (χ1v) is 21.2. The highest BCUT2D eigenvalue weighted by molar-refractivity contribution is 7.03. The second kappa shape index (κ2) is 12.3. The Labute approximate surface area is 310 Å². The largest absolute Gasteiger partial charge is 0.208 e. The lowest BCUT2D eigenvalue weighted by Gasteiger charge is -2.20. The summed E-state index contributed by atoms with van der Waals surface area (Å²) >= 11 is 0. The van der Waals surface area contributed by atoms with E-state index in [4.69, 9.17) is 15.0 Å². The Bertz CT molecular complexity index is 2790. The van der Waals surface area contributed by atoms with Crippen LogP contribution in [0.5, 0.6) is 0 Å². The maximum Gasteiger partial charge on any atom is 0.165 e. The Morgan fingerprint density at radius 1 is 0.321 bits per heavy atom. The summed E-state index contributed by atoms with van der Waals surface area (Å²) in [4.78, 5) is 15.6. The molecule has 0 saturated carbocycles. The summed E-state index contributed by atoms with van der Waals surface area (Å²) in [5, 5.41) is 7.63. The topological polar surface area (TPSA) is 38.7 Å². The van der Waals surface area contributed by atoms with Crippen molar-refractivity contribution in [2.75, 3.05) is 0 Å². The summed E-state index contributed by atoms with van der Waals surface area (Å²) < 4.78 is 0. The van der Waals surface area contributed by atoms with E-state index < -0.39 is 8.07 Å². The second-order valence-corrected chi connectivity index (χ2v) is 18.7. The molecule has 9 aromatic rings. The minimum absolute atomic E-state index is 0.648. The van der Waals surface area contributed by atoms with Gasteiger partial charge in [0.05, 0.1) is 0 Å². The van der Waals surface area contributed by atoms with Crippen LogP contribution in [0.1, 0.15) is 0 Å². The smallest absolute Gasteiger partial charge is 0.165 e. The molecule has 0 radical (unpaired) electrons. The predicted molar refractivity (Wildman–Crippen MR) is 224 cm³/mol. The average molecular weight is 694 g/mol. The minimum atomic E-state index is -1.78. The highest BCUT2D eigenvalue weighted by atomic mass is 28.3. The molecule has 4 heteroatoms. The van der Waals surface area contributed by atoms with E-state index >= 15 is 0 Å². The summed E-state index contributed by atoms with van der Waals surface area (Å²) in [6.07, 6.45) is 0. The van der Waals surface area contributed by atoms with E-state index in [1.54, 1.807) is 0 Å². The van der Waals surface area contributed by atoms with Gasteiger partial charge in [-0.3, -0.25) is 0 Å². The molecule has 1 aliphatic rings. The van der Waals surface area contributed by atoms with Gasteiger partial charge in [-0.15, -0.1) is 0 Å². The summed E-state index contributed by atoms with van der Waals surface area (Å²) in [7, 11) is -1.78. The van der Waals surface area contributed by atoms with Crippen LogP contribution in [0.2, 0.25) is 13.1 Å². The highest BCUT2D eigenvalue weighted by Crippen LogP contribution is 2.44. The lowest BCUT2D eigenvalue weighted by molar-refractivity contribution is 1.08. The molecular formula is C49H35N3Si. The maximum absolute atomic E-state index is 5.28. The normalized spacial score (nSPS) is 12.9. The third-order valence-corrected chi connectivity index (χ3v) is 14.5. The average Bonchev–Trinajstić information content (AvgIpc) is 3.45. The van der Waals surface area contributed by atoms with Crippen molar-refractivity contribution in [2.45, 2.75) is 13.1 Å². The van der Waals surface area contributed by atoms with E-state index in [1.165, 1.54) is 49.0 Å². The Morgan fingerprint density at radius 2 is 0.736 bits per heavy atom. The van der Waals surface area contributed by atoms with Gasteiger partial charge in [0.2, 0.25) is 0 Å². The summed E-state index contributed by atoms with van der Waals surface area (Å²) in [6.45, 7) is 4.95. The van der Waals surface area contributed by atoms with Gasteiger partial charge in [0.25, 0.3) is 0 Å². The van der Waals surface area contributed by atoms with Crippen molar-refractivity contribution in [1.82, 2.24) is 15.0 Å². The fourth-order valence-corrected chi connectivity index (χ4v) is 11.4. The molecule has 10 rings (SSSR count). The SMILES string of the molecule is C[Si]1(C)c2ccccc2-c2cc(-c3c4ccccc4c(-c4nc(-c5ccccc5)nc(-c5ccc(-c6ccccc6)cc5)n4)c4ccccc34)ccc21. The van der Waals surface area contributed by atoms with Crippen molar-refractivity contribution >= 4 is 40.0 Å². The second-order valence-electron chi connectivity index (χ2n) is 14.4. The first-order chi connectivity index (χ1) is 26.0. The van der Waals surface area contributed by atoms with Gasteiger partial charge in [-0.2, -0.15) is 0 Å². The van der Waals surface area contributed by atoms with Gasteiger partial charge in [-0.1, -0.05) is 183 Å². The van der Waals surface area contributed by atoms with Crippen molar-refractivity contribution in [2.24, 2.45) is 0 Å². The van der Waals surface area contributed by atoms with E-state index in [0.29, 0.717) is 17.5 Å². The number of hydrogen-bond acceptors (Lipinski definition) is 3. The van der Waals surface area contributed by atoms with Crippen molar-refractivity contribution in [1.29, 1.82) is 0 Å².